The summed E-state index contributed by atoms with van der Waals surface area (Å²) in [6.45, 7) is 1.65. The summed E-state index contributed by atoms with van der Waals surface area (Å²) in [4.78, 5) is 13.0. The number of fused-ring (bicyclic) bond motifs is 1. The molecule has 1 N–H and O–H groups in total. The highest BCUT2D eigenvalue weighted by atomic mass is 32.2. The fourth-order valence-electron chi connectivity index (χ4n) is 4.13. The molecule has 0 bridgehead atoms. The van der Waals surface area contributed by atoms with Crippen molar-refractivity contribution in [3.05, 3.63) is 53.1 Å². The number of sulfonamides is 1. The van der Waals surface area contributed by atoms with Gasteiger partial charge in [-0.1, -0.05) is 25.1 Å². The summed E-state index contributed by atoms with van der Waals surface area (Å²) in [6.07, 6.45) is 6.34. The Morgan fingerprint density at radius 1 is 1.06 bits per heavy atom. The molecule has 0 saturated carbocycles. The van der Waals surface area contributed by atoms with E-state index in [1.54, 1.807) is 18.2 Å². The van der Waals surface area contributed by atoms with E-state index in [0.29, 0.717) is 17.9 Å². The molecular formula is C24H32N2O5S. The Morgan fingerprint density at radius 2 is 1.78 bits per heavy atom. The van der Waals surface area contributed by atoms with Crippen LogP contribution in [0.4, 0.5) is 5.69 Å². The Balaban J connectivity index is 1.83. The molecule has 0 heterocycles. The van der Waals surface area contributed by atoms with Gasteiger partial charge in [0, 0.05) is 6.07 Å². The van der Waals surface area contributed by atoms with E-state index < -0.39 is 10.0 Å². The molecule has 1 aliphatic rings. The van der Waals surface area contributed by atoms with Crippen LogP contribution in [0.15, 0.2) is 36.4 Å². The van der Waals surface area contributed by atoms with Gasteiger partial charge >= 0.3 is 0 Å². The maximum atomic E-state index is 13.0. The highest BCUT2D eigenvalue weighted by molar-refractivity contribution is 7.92. The van der Waals surface area contributed by atoms with Gasteiger partial charge in [-0.2, -0.15) is 0 Å². The molecule has 0 aliphatic heterocycles. The first kappa shape index (κ1) is 23.9. The number of rotatable bonds is 9. The number of hydrogen-bond donors (Lipinski definition) is 1. The van der Waals surface area contributed by atoms with Crippen LogP contribution < -0.4 is 19.1 Å². The topological polar surface area (TPSA) is 84.9 Å². The van der Waals surface area contributed by atoms with Gasteiger partial charge in [-0.05, 0) is 60.9 Å². The van der Waals surface area contributed by atoms with Crippen molar-refractivity contribution < 1.29 is 22.7 Å². The van der Waals surface area contributed by atoms with Gasteiger partial charge in [0.15, 0.2) is 0 Å². The standard InChI is InChI=1S/C24H32N2O5S/c1-5-21(19-11-10-17-8-6-7-9-18(17)14-19)25-24(27)16-26(32(4,28)29)22-15-20(30-2)12-13-23(22)31-3/h10-15,21H,5-9,16H2,1-4H3,(H,25,27). The van der Waals surface area contributed by atoms with Crippen molar-refractivity contribution in [2.75, 3.05) is 31.3 Å². The Hall–Kier alpha value is -2.74. The molecule has 7 nitrogen and oxygen atoms in total. The number of nitrogens with one attached hydrogen (secondary N) is 1. The summed E-state index contributed by atoms with van der Waals surface area (Å²) in [7, 11) is -0.806. The first-order chi connectivity index (χ1) is 15.3. The lowest BCUT2D eigenvalue weighted by Gasteiger charge is -2.26. The zero-order chi connectivity index (χ0) is 23.3. The van der Waals surface area contributed by atoms with E-state index in [9.17, 15) is 13.2 Å². The number of ether oxygens (including phenoxy) is 2. The molecular weight excluding hydrogens is 428 g/mol. The minimum Gasteiger partial charge on any atom is -0.497 e. The second-order valence-corrected chi connectivity index (χ2v) is 9.98. The van der Waals surface area contributed by atoms with Crippen molar-refractivity contribution in [1.82, 2.24) is 5.32 Å². The van der Waals surface area contributed by atoms with E-state index in [1.807, 2.05) is 6.92 Å². The van der Waals surface area contributed by atoms with Crippen LogP contribution in [0.2, 0.25) is 0 Å². The van der Waals surface area contributed by atoms with Gasteiger partial charge in [0.25, 0.3) is 0 Å². The van der Waals surface area contributed by atoms with E-state index in [2.05, 4.69) is 23.5 Å². The van der Waals surface area contributed by atoms with E-state index >= 15 is 0 Å². The molecule has 2 aromatic rings. The SMILES string of the molecule is CCC(NC(=O)CN(c1cc(OC)ccc1OC)S(C)(=O)=O)c1ccc2c(c1)CCCC2. The summed E-state index contributed by atoms with van der Waals surface area (Å²) >= 11 is 0. The van der Waals surface area contributed by atoms with Gasteiger partial charge < -0.3 is 14.8 Å². The maximum absolute atomic E-state index is 13.0. The zero-order valence-electron chi connectivity index (χ0n) is 19.2. The highest BCUT2D eigenvalue weighted by Crippen LogP contribution is 2.34. The normalized spacial score (nSPS) is 14.2. The van der Waals surface area contributed by atoms with Crippen molar-refractivity contribution in [1.29, 1.82) is 0 Å². The number of amides is 1. The first-order valence-electron chi connectivity index (χ1n) is 10.9. The van der Waals surface area contributed by atoms with Gasteiger partial charge in [-0.15, -0.1) is 0 Å². The molecule has 0 aromatic heterocycles. The Bertz CT molecular complexity index is 1070. The van der Waals surface area contributed by atoms with Crippen molar-refractivity contribution in [3.63, 3.8) is 0 Å². The number of carbonyl (C=O) groups excluding carboxylic acids is 1. The summed E-state index contributed by atoms with van der Waals surface area (Å²) < 4.78 is 36.7. The van der Waals surface area contributed by atoms with Crippen LogP contribution in [-0.2, 0) is 27.7 Å². The molecule has 0 saturated heterocycles. The van der Waals surface area contributed by atoms with Gasteiger partial charge in [-0.3, -0.25) is 9.10 Å². The van der Waals surface area contributed by atoms with E-state index in [0.717, 1.165) is 29.0 Å². The molecule has 2 aromatic carbocycles. The molecule has 8 heteroatoms. The van der Waals surface area contributed by atoms with Gasteiger partial charge in [0.05, 0.1) is 32.2 Å². The maximum Gasteiger partial charge on any atom is 0.241 e. The van der Waals surface area contributed by atoms with Crippen LogP contribution in [0.1, 0.15) is 48.9 Å². The molecule has 0 spiro atoms. The summed E-state index contributed by atoms with van der Waals surface area (Å²) in [6, 6.07) is 11.1. The lowest BCUT2D eigenvalue weighted by atomic mass is 9.89. The molecule has 1 aliphatic carbocycles. The van der Waals surface area contributed by atoms with Gasteiger partial charge in [0.2, 0.25) is 15.9 Å². The van der Waals surface area contributed by atoms with Crippen molar-refractivity contribution >= 4 is 21.6 Å². The second kappa shape index (κ2) is 10.3. The molecule has 1 amide bonds. The fraction of sp³-hybridized carbons (Fsp3) is 0.458. The fourth-order valence-corrected chi connectivity index (χ4v) is 4.99. The van der Waals surface area contributed by atoms with E-state index in [-0.39, 0.29) is 24.2 Å². The lowest BCUT2D eigenvalue weighted by molar-refractivity contribution is -0.120. The first-order valence-corrected chi connectivity index (χ1v) is 12.7. The monoisotopic (exact) mass is 460 g/mol. The number of methoxy groups -OCH3 is 2. The number of hydrogen-bond acceptors (Lipinski definition) is 5. The molecule has 0 radical (unpaired) electrons. The van der Waals surface area contributed by atoms with Crippen molar-refractivity contribution in [2.45, 2.75) is 45.1 Å². The van der Waals surface area contributed by atoms with Crippen LogP contribution in [0, 0.1) is 0 Å². The second-order valence-electron chi connectivity index (χ2n) is 8.07. The zero-order valence-corrected chi connectivity index (χ0v) is 20.0. The van der Waals surface area contributed by atoms with E-state index in [1.165, 1.54) is 38.2 Å². The van der Waals surface area contributed by atoms with Crippen LogP contribution in [0.25, 0.3) is 0 Å². The molecule has 1 unspecified atom stereocenters. The lowest BCUT2D eigenvalue weighted by Crippen LogP contribution is -2.41. The van der Waals surface area contributed by atoms with Gasteiger partial charge in [-0.25, -0.2) is 8.42 Å². The van der Waals surface area contributed by atoms with Crippen LogP contribution >= 0.6 is 0 Å². The number of carbonyl (C=O) groups is 1. The summed E-state index contributed by atoms with van der Waals surface area (Å²) in [5.41, 5.74) is 4.03. The quantitative estimate of drug-likeness (QED) is 0.618. The molecule has 0 fully saturated rings. The molecule has 1 atom stereocenters. The van der Waals surface area contributed by atoms with Crippen LogP contribution in [-0.4, -0.2) is 41.3 Å². The molecule has 32 heavy (non-hydrogen) atoms. The van der Waals surface area contributed by atoms with Crippen LogP contribution in [0.5, 0.6) is 11.5 Å². The van der Waals surface area contributed by atoms with Crippen LogP contribution in [0.3, 0.4) is 0 Å². The number of anilines is 1. The Morgan fingerprint density at radius 3 is 2.41 bits per heavy atom. The Labute approximate surface area is 190 Å². The number of nitrogens with zero attached hydrogens (tertiary/aromatic N) is 1. The average molecular weight is 461 g/mol. The largest absolute Gasteiger partial charge is 0.497 e. The Kier molecular flexibility index (Phi) is 7.66. The summed E-state index contributed by atoms with van der Waals surface area (Å²) in [5.74, 6) is 0.422. The molecule has 174 valence electrons. The van der Waals surface area contributed by atoms with Crippen molar-refractivity contribution in [2.24, 2.45) is 0 Å². The van der Waals surface area contributed by atoms with Gasteiger partial charge in [0.1, 0.15) is 18.0 Å². The number of benzene rings is 2. The highest BCUT2D eigenvalue weighted by Gasteiger charge is 2.26. The average Bonchev–Trinajstić information content (AvgIpc) is 2.79. The third kappa shape index (κ3) is 5.54. The predicted molar refractivity (Wildman–Crippen MR) is 126 cm³/mol. The third-order valence-corrected chi connectivity index (χ3v) is 6.99. The third-order valence-electron chi connectivity index (χ3n) is 5.86. The summed E-state index contributed by atoms with van der Waals surface area (Å²) in [5, 5.41) is 3.01. The number of aryl methyl sites for hydroxylation is 2. The minimum absolute atomic E-state index is 0.191. The minimum atomic E-state index is -3.75. The van der Waals surface area contributed by atoms with E-state index in [4.69, 9.17) is 9.47 Å². The molecule has 3 rings (SSSR count). The smallest absolute Gasteiger partial charge is 0.241 e. The predicted octanol–water partition coefficient (Wildman–Crippen LogP) is 3.62. The van der Waals surface area contributed by atoms with Crippen molar-refractivity contribution in [3.8, 4) is 11.5 Å².